The molecule has 0 radical (unpaired) electrons. The summed E-state index contributed by atoms with van der Waals surface area (Å²) in [6, 6.07) is 17.7. The Kier molecular flexibility index (Phi) is 7.50. The highest BCUT2D eigenvalue weighted by Crippen LogP contribution is 2.20. The summed E-state index contributed by atoms with van der Waals surface area (Å²) in [4.78, 5) is 13.4. The molecule has 2 aromatic rings. The summed E-state index contributed by atoms with van der Waals surface area (Å²) in [5, 5.41) is 17.7. The SMILES string of the molecule is O=C(O)C1CCCN(CCC/C=C/c2cccc(N=Nc3ccccc3)c2)C1. The number of hydrogen-bond acceptors (Lipinski definition) is 4. The number of likely N-dealkylation sites (tertiary alicyclic amines) is 1. The molecule has 0 spiro atoms. The Bertz CT molecular complexity index is 818. The molecule has 146 valence electrons. The smallest absolute Gasteiger partial charge is 0.307 e. The van der Waals surface area contributed by atoms with Crippen LogP contribution in [0.1, 0.15) is 31.2 Å². The zero-order valence-electron chi connectivity index (χ0n) is 16.1. The van der Waals surface area contributed by atoms with Crippen LogP contribution in [0.25, 0.3) is 6.08 Å². The number of hydrogen-bond donors (Lipinski definition) is 1. The molecule has 5 heteroatoms. The Morgan fingerprint density at radius 2 is 1.89 bits per heavy atom. The van der Waals surface area contributed by atoms with E-state index in [0.717, 1.165) is 55.7 Å². The van der Waals surface area contributed by atoms with E-state index >= 15 is 0 Å². The minimum Gasteiger partial charge on any atom is -0.481 e. The predicted molar refractivity (Wildman–Crippen MR) is 112 cm³/mol. The molecule has 1 unspecified atom stereocenters. The van der Waals surface area contributed by atoms with Crippen LogP contribution in [0.4, 0.5) is 11.4 Å². The van der Waals surface area contributed by atoms with Gasteiger partial charge in [-0.05, 0) is 68.6 Å². The van der Waals surface area contributed by atoms with Gasteiger partial charge in [-0.2, -0.15) is 10.2 Å². The first-order chi connectivity index (χ1) is 13.7. The molecule has 5 nitrogen and oxygen atoms in total. The topological polar surface area (TPSA) is 65.3 Å². The average Bonchev–Trinajstić information content (AvgIpc) is 2.73. The number of unbranched alkanes of at least 4 members (excludes halogenated alkanes) is 1. The summed E-state index contributed by atoms with van der Waals surface area (Å²) < 4.78 is 0. The third-order valence-corrected chi connectivity index (χ3v) is 4.92. The van der Waals surface area contributed by atoms with Crippen molar-refractivity contribution >= 4 is 23.4 Å². The zero-order valence-corrected chi connectivity index (χ0v) is 16.1. The van der Waals surface area contributed by atoms with E-state index in [0.29, 0.717) is 6.54 Å². The molecule has 1 heterocycles. The molecule has 0 bridgehead atoms. The van der Waals surface area contributed by atoms with Gasteiger partial charge in [-0.25, -0.2) is 0 Å². The van der Waals surface area contributed by atoms with Crippen LogP contribution in [0, 0.1) is 5.92 Å². The van der Waals surface area contributed by atoms with Crippen molar-refractivity contribution in [3.05, 3.63) is 66.2 Å². The molecule has 0 saturated carbocycles. The molecule has 1 saturated heterocycles. The minimum absolute atomic E-state index is 0.197. The number of aliphatic carboxylic acids is 1. The van der Waals surface area contributed by atoms with Gasteiger partial charge in [0.1, 0.15) is 0 Å². The zero-order chi connectivity index (χ0) is 19.6. The molecule has 1 aliphatic rings. The quantitative estimate of drug-likeness (QED) is 0.474. The molecule has 0 aliphatic carbocycles. The van der Waals surface area contributed by atoms with E-state index in [1.165, 1.54) is 0 Å². The van der Waals surface area contributed by atoms with Crippen LogP contribution in [0.3, 0.4) is 0 Å². The van der Waals surface area contributed by atoms with Crippen LogP contribution >= 0.6 is 0 Å². The first-order valence-corrected chi connectivity index (χ1v) is 9.89. The fraction of sp³-hybridized carbons (Fsp3) is 0.348. The van der Waals surface area contributed by atoms with Crippen molar-refractivity contribution in [2.75, 3.05) is 19.6 Å². The molecule has 1 fully saturated rings. The van der Waals surface area contributed by atoms with Crippen LogP contribution in [0.5, 0.6) is 0 Å². The number of carboxylic acid groups (broad SMARTS) is 1. The van der Waals surface area contributed by atoms with Gasteiger partial charge in [0.2, 0.25) is 0 Å². The van der Waals surface area contributed by atoms with Crippen LogP contribution in [-0.2, 0) is 4.79 Å². The lowest BCUT2D eigenvalue weighted by Crippen LogP contribution is -2.39. The van der Waals surface area contributed by atoms with E-state index in [1.807, 2.05) is 48.5 Å². The van der Waals surface area contributed by atoms with Gasteiger partial charge >= 0.3 is 5.97 Å². The van der Waals surface area contributed by atoms with Crippen LogP contribution in [0.15, 0.2) is 70.9 Å². The number of azo groups is 1. The van der Waals surface area contributed by atoms with E-state index in [2.05, 4.69) is 33.3 Å². The number of piperidine rings is 1. The summed E-state index contributed by atoms with van der Waals surface area (Å²) in [7, 11) is 0. The lowest BCUT2D eigenvalue weighted by molar-refractivity contribution is -0.143. The Morgan fingerprint density at radius 3 is 2.71 bits per heavy atom. The van der Waals surface area contributed by atoms with Gasteiger partial charge in [0.15, 0.2) is 0 Å². The van der Waals surface area contributed by atoms with E-state index in [4.69, 9.17) is 5.11 Å². The maximum atomic E-state index is 11.1. The second-order valence-corrected chi connectivity index (χ2v) is 7.15. The third kappa shape index (κ3) is 6.43. The Labute approximate surface area is 166 Å². The number of rotatable bonds is 8. The Morgan fingerprint density at radius 1 is 1.11 bits per heavy atom. The van der Waals surface area contributed by atoms with Gasteiger partial charge < -0.3 is 10.0 Å². The second kappa shape index (κ2) is 10.5. The number of carboxylic acids is 1. The second-order valence-electron chi connectivity index (χ2n) is 7.15. The fourth-order valence-electron chi connectivity index (χ4n) is 3.41. The first kappa shape index (κ1) is 20.0. The molecule has 28 heavy (non-hydrogen) atoms. The van der Waals surface area contributed by atoms with Gasteiger partial charge in [0.05, 0.1) is 17.3 Å². The van der Waals surface area contributed by atoms with E-state index in [9.17, 15) is 4.79 Å². The van der Waals surface area contributed by atoms with Crippen molar-refractivity contribution < 1.29 is 9.90 Å². The van der Waals surface area contributed by atoms with Crippen molar-refractivity contribution in [1.82, 2.24) is 4.90 Å². The van der Waals surface area contributed by atoms with Crippen molar-refractivity contribution in [2.45, 2.75) is 25.7 Å². The molecular weight excluding hydrogens is 350 g/mol. The van der Waals surface area contributed by atoms with Gasteiger partial charge in [-0.1, -0.05) is 42.5 Å². The van der Waals surface area contributed by atoms with Crippen molar-refractivity contribution in [3.8, 4) is 0 Å². The highest BCUT2D eigenvalue weighted by molar-refractivity contribution is 5.70. The fourth-order valence-corrected chi connectivity index (χ4v) is 3.41. The highest BCUT2D eigenvalue weighted by Gasteiger charge is 2.24. The average molecular weight is 377 g/mol. The maximum Gasteiger partial charge on any atom is 0.307 e. The summed E-state index contributed by atoms with van der Waals surface area (Å²) in [6.45, 7) is 2.66. The lowest BCUT2D eigenvalue weighted by Gasteiger charge is -2.30. The van der Waals surface area contributed by atoms with Gasteiger partial charge in [0, 0.05) is 6.54 Å². The van der Waals surface area contributed by atoms with Gasteiger partial charge in [0.25, 0.3) is 0 Å². The molecular formula is C23H27N3O2. The number of benzene rings is 2. The predicted octanol–water partition coefficient (Wildman–Crippen LogP) is 5.69. The van der Waals surface area contributed by atoms with Crippen molar-refractivity contribution in [1.29, 1.82) is 0 Å². The minimum atomic E-state index is -0.658. The van der Waals surface area contributed by atoms with Crippen LogP contribution in [0.2, 0.25) is 0 Å². The Hall–Kier alpha value is -2.79. The number of carbonyl (C=O) groups is 1. The Balaban J connectivity index is 1.44. The summed E-state index contributed by atoms with van der Waals surface area (Å²) >= 11 is 0. The number of allylic oxidation sites excluding steroid dienone is 1. The van der Waals surface area contributed by atoms with E-state index in [-0.39, 0.29) is 5.92 Å². The first-order valence-electron chi connectivity index (χ1n) is 9.89. The molecule has 2 aromatic carbocycles. The molecule has 1 N–H and O–H groups in total. The summed E-state index contributed by atoms with van der Waals surface area (Å²) in [6.07, 6.45) is 8.09. The standard InChI is InChI=1S/C23H27N3O2/c27-23(28)20-11-8-16-26(18-20)15-6-2-3-9-19-10-7-14-22(17-19)25-24-21-12-4-1-5-13-21/h1,3-5,7,9-10,12-14,17,20H,2,6,8,11,15-16,18H2,(H,27,28)/b9-3+,25-24?. The largest absolute Gasteiger partial charge is 0.481 e. The van der Waals surface area contributed by atoms with Crippen LogP contribution < -0.4 is 0 Å². The summed E-state index contributed by atoms with van der Waals surface area (Å²) in [5.74, 6) is -0.856. The molecule has 1 aliphatic heterocycles. The third-order valence-electron chi connectivity index (χ3n) is 4.92. The summed E-state index contributed by atoms with van der Waals surface area (Å²) in [5.41, 5.74) is 2.78. The lowest BCUT2D eigenvalue weighted by atomic mass is 9.98. The van der Waals surface area contributed by atoms with Crippen molar-refractivity contribution in [2.24, 2.45) is 16.1 Å². The van der Waals surface area contributed by atoms with Gasteiger partial charge in [-0.3, -0.25) is 4.79 Å². The molecule has 3 rings (SSSR count). The highest BCUT2D eigenvalue weighted by atomic mass is 16.4. The molecule has 0 amide bonds. The maximum absolute atomic E-state index is 11.1. The van der Waals surface area contributed by atoms with Crippen LogP contribution in [-0.4, -0.2) is 35.6 Å². The van der Waals surface area contributed by atoms with E-state index in [1.54, 1.807) is 0 Å². The molecule has 1 atom stereocenters. The molecule has 0 aromatic heterocycles. The monoisotopic (exact) mass is 377 g/mol. The normalized spacial score (nSPS) is 18.1. The number of nitrogens with zero attached hydrogens (tertiary/aromatic N) is 3. The van der Waals surface area contributed by atoms with Gasteiger partial charge in [-0.15, -0.1) is 0 Å². The van der Waals surface area contributed by atoms with E-state index < -0.39 is 5.97 Å². The van der Waals surface area contributed by atoms with Crippen molar-refractivity contribution in [3.63, 3.8) is 0 Å².